The molecule has 2 aliphatic carbocycles. The number of aromatic nitrogens is 1. The van der Waals surface area contributed by atoms with Crippen molar-refractivity contribution in [3.8, 4) is 5.19 Å². The third kappa shape index (κ3) is 7.08. The molecule has 266 valence electrons. The fourth-order valence-electron chi connectivity index (χ4n) is 7.44. The minimum Gasteiger partial charge on any atom is -0.465 e. The summed E-state index contributed by atoms with van der Waals surface area (Å²) in [5, 5.41) is 0.288. The Morgan fingerprint density at radius 3 is 2.68 bits per heavy atom. The highest BCUT2D eigenvalue weighted by molar-refractivity contribution is 7.91. The molecule has 3 heterocycles. The van der Waals surface area contributed by atoms with Gasteiger partial charge in [0.1, 0.15) is 17.7 Å². The molecule has 2 aromatic carbocycles. The number of nitrogens with one attached hydrogen (secondary N) is 1. The van der Waals surface area contributed by atoms with Gasteiger partial charge in [0.15, 0.2) is 5.78 Å². The van der Waals surface area contributed by atoms with E-state index in [1.807, 2.05) is 12.2 Å². The summed E-state index contributed by atoms with van der Waals surface area (Å²) >= 11 is 1.17. The Bertz CT molecular complexity index is 1960. The number of halogens is 2. The van der Waals surface area contributed by atoms with E-state index in [1.165, 1.54) is 35.6 Å². The van der Waals surface area contributed by atoms with Crippen LogP contribution >= 0.6 is 11.3 Å². The number of benzene rings is 2. The van der Waals surface area contributed by atoms with Crippen molar-refractivity contribution < 1.29 is 36.3 Å². The molecule has 2 aliphatic heterocycles. The average molecular weight is 726 g/mol. The molecule has 1 aromatic heterocycles. The molecule has 3 aromatic rings. The topological polar surface area (TPSA) is 123 Å². The minimum absolute atomic E-state index is 0.0917. The van der Waals surface area contributed by atoms with E-state index in [2.05, 4.69) is 9.71 Å². The summed E-state index contributed by atoms with van der Waals surface area (Å²) in [5.74, 6) is -2.87. The lowest BCUT2D eigenvalue weighted by Crippen LogP contribution is -2.47. The quantitative estimate of drug-likeness (QED) is 0.285. The number of amides is 2. The van der Waals surface area contributed by atoms with Gasteiger partial charge in [0.2, 0.25) is 21.8 Å². The molecular formula is C37H41F2N3O6S2. The second-order valence-corrected chi connectivity index (χ2v) is 17.9. The second kappa shape index (κ2) is 13.4. The lowest BCUT2D eigenvalue weighted by Gasteiger charge is -2.29. The molecular weight excluding hydrogens is 685 g/mol. The zero-order chi connectivity index (χ0) is 35.3. The van der Waals surface area contributed by atoms with Crippen LogP contribution in [0.1, 0.15) is 76.7 Å². The Kier molecular flexibility index (Phi) is 9.34. The highest BCUT2D eigenvalue weighted by Crippen LogP contribution is 2.57. The van der Waals surface area contributed by atoms with Gasteiger partial charge in [0, 0.05) is 18.8 Å². The van der Waals surface area contributed by atoms with E-state index in [-0.39, 0.29) is 42.2 Å². The number of fused-ring (bicyclic) bond motifs is 3. The number of hydrogen-bond acceptors (Lipinski definition) is 8. The number of carbonyl (C=O) groups is 3. The van der Waals surface area contributed by atoms with Crippen LogP contribution in [-0.2, 0) is 30.8 Å². The molecule has 1 saturated heterocycles. The molecule has 2 saturated carbocycles. The van der Waals surface area contributed by atoms with Crippen molar-refractivity contribution in [1.82, 2.24) is 14.6 Å². The van der Waals surface area contributed by atoms with Gasteiger partial charge in [-0.25, -0.2) is 22.2 Å². The monoisotopic (exact) mass is 725 g/mol. The normalized spacial score (nSPS) is 29.0. The van der Waals surface area contributed by atoms with Crippen molar-refractivity contribution in [1.29, 1.82) is 0 Å². The Morgan fingerprint density at radius 1 is 1.10 bits per heavy atom. The number of thiazole rings is 1. The number of Topliss-reactive ketones (excluding diaryl/α,β-unsaturated/α-hetero) is 1. The largest absolute Gasteiger partial charge is 0.465 e. The molecule has 0 unspecified atom stereocenters. The molecule has 13 heteroatoms. The van der Waals surface area contributed by atoms with Crippen LogP contribution in [0.25, 0.3) is 10.2 Å². The van der Waals surface area contributed by atoms with Crippen molar-refractivity contribution in [2.45, 2.75) is 94.4 Å². The third-order valence-electron chi connectivity index (χ3n) is 10.9. The number of rotatable bonds is 7. The predicted octanol–water partition coefficient (Wildman–Crippen LogP) is 6.27. The smallest absolute Gasteiger partial charge is 0.274 e. The molecule has 9 nitrogen and oxygen atoms in total. The van der Waals surface area contributed by atoms with Crippen LogP contribution in [0.5, 0.6) is 5.19 Å². The Labute approximate surface area is 294 Å². The number of hydrogen-bond donors (Lipinski definition) is 1. The first-order valence-corrected chi connectivity index (χ1v) is 19.7. The number of carbonyl (C=O) groups excluding carboxylic acids is 3. The van der Waals surface area contributed by atoms with Crippen LogP contribution in [0.3, 0.4) is 0 Å². The van der Waals surface area contributed by atoms with Crippen molar-refractivity contribution in [3.63, 3.8) is 0 Å². The minimum atomic E-state index is -3.93. The van der Waals surface area contributed by atoms with Crippen LogP contribution in [-0.4, -0.2) is 59.3 Å². The van der Waals surface area contributed by atoms with Gasteiger partial charge in [-0.1, -0.05) is 48.5 Å². The van der Waals surface area contributed by atoms with E-state index < -0.39 is 55.8 Å². The van der Waals surface area contributed by atoms with E-state index in [4.69, 9.17) is 4.74 Å². The lowest BCUT2D eigenvalue weighted by atomic mass is 9.90. The maximum atomic E-state index is 14.5. The highest BCUT2D eigenvalue weighted by atomic mass is 32.2. The maximum absolute atomic E-state index is 14.5. The molecule has 3 fully saturated rings. The fourth-order valence-corrected chi connectivity index (χ4v) is 9.68. The van der Waals surface area contributed by atoms with Gasteiger partial charge >= 0.3 is 0 Å². The predicted molar refractivity (Wildman–Crippen MR) is 185 cm³/mol. The van der Waals surface area contributed by atoms with Gasteiger partial charge in [-0.05, 0) is 93.7 Å². The molecule has 0 radical (unpaired) electrons. The number of ketones is 1. The van der Waals surface area contributed by atoms with Crippen LogP contribution in [0.2, 0.25) is 0 Å². The van der Waals surface area contributed by atoms with Gasteiger partial charge in [0.05, 0.1) is 33.0 Å². The number of ether oxygens (including phenoxy) is 1. The second-order valence-electron chi connectivity index (χ2n) is 14.7. The Hall–Kier alpha value is -3.71. The molecule has 1 N–H and O–H groups in total. The van der Waals surface area contributed by atoms with Crippen LogP contribution in [0.4, 0.5) is 8.78 Å². The third-order valence-corrected chi connectivity index (χ3v) is 14.0. The molecule has 2 amide bonds. The van der Waals surface area contributed by atoms with E-state index in [9.17, 15) is 31.6 Å². The van der Waals surface area contributed by atoms with Gasteiger partial charge in [-0.3, -0.25) is 19.1 Å². The van der Waals surface area contributed by atoms with E-state index in [0.29, 0.717) is 47.9 Å². The number of sulfonamides is 1. The Morgan fingerprint density at radius 2 is 1.90 bits per heavy atom. The van der Waals surface area contributed by atoms with Crippen molar-refractivity contribution in [3.05, 3.63) is 71.8 Å². The first-order chi connectivity index (χ1) is 23.9. The Balaban J connectivity index is 1.19. The maximum Gasteiger partial charge on any atom is 0.274 e. The lowest BCUT2D eigenvalue weighted by molar-refractivity contribution is -0.142. The number of nitrogens with zero attached hydrogens (tertiary/aromatic N) is 2. The summed E-state index contributed by atoms with van der Waals surface area (Å²) in [6.07, 6.45) is 8.61. The van der Waals surface area contributed by atoms with Crippen LogP contribution in [0, 0.1) is 28.9 Å². The zero-order valence-electron chi connectivity index (χ0n) is 27.9. The van der Waals surface area contributed by atoms with E-state index in [1.54, 1.807) is 30.0 Å². The van der Waals surface area contributed by atoms with Crippen molar-refractivity contribution >= 4 is 49.2 Å². The molecule has 0 spiro atoms. The molecule has 50 heavy (non-hydrogen) atoms. The van der Waals surface area contributed by atoms with Crippen molar-refractivity contribution in [2.24, 2.45) is 17.3 Å². The standard InChI is InChI=1S/C37H41F2N3O6S2/c1-36(14-15-36)50(46,47)41-34(45)37-20-25(37)10-6-4-2-3-5-9-24(16-23-8-7-11-26(38)17-23)33(44)42-22-28(19-30(42)31(43)21-37)48-35-40-29-13-12-27(39)18-32(29)49-35/h6-8,10-13,17-18,24-25,28,30H,2-5,9,14-16,19-22H2,1H3,(H,41,45)/b10-6-/t24-,25+,28-,30+,37-/m1/s1. The van der Waals surface area contributed by atoms with Crippen molar-refractivity contribution in [2.75, 3.05) is 6.54 Å². The molecule has 7 rings (SSSR count). The molecule has 5 atom stereocenters. The summed E-state index contributed by atoms with van der Waals surface area (Å²) in [7, 11) is -3.93. The highest BCUT2D eigenvalue weighted by Gasteiger charge is 2.62. The summed E-state index contributed by atoms with van der Waals surface area (Å²) < 4.78 is 62.4. The molecule has 4 aliphatic rings. The van der Waals surface area contributed by atoms with Crippen LogP contribution in [0.15, 0.2) is 54.6 Å². The van der Waals surface area contributed by atoms with Gasteiger partial charge < -0.3 is 9.64 Å². The van der Waals surface area contributed by atoms with Crippen LogP contribution < -0.4 is 9.46 Å². The summed E-state index contributed by atoms with van der Waals surface area (Å²) in [5.41, 5.74) is 0.0119. The first-order valence-electron chi connectivity index (χ1n) is 17.4. The van der Waals surface area contributed by atoms with E-state index in [0.717, 1.165) is 25.7 Å². The summed E-state index contributed by atoms with van der Waals surface area (Å²) in [4.78, 5) is 48.7. The van der Waals surface area contributed by atoms with E-state index >= 15 is 0 Å². The molecule has 0 bridgehead atoms. The SMILES string of the molecule is CC1(S(=O)(=O)NC(=O)[C@]23CC(=O)[C@@H]4C[C@@H](Oc5nc6ccc(F)cc6s5)CN4C(=O)[C@@H](Cc4cccc(F)c4)CCCCC/C=C\[C@H]2C3)CC1. The number of allylic oxidation sites excluding steroid dienone is 2. The summed E-state index contributed by atoms with van der Waals surface area (Å²) in [6.45, 7) is 1.70. The average Bonchev–Trinajstić information content (AvgIpc) is 3.88. The van der Waals surface area contributed by atoms with Gasteiger partial charge in [0.25, 0.3) is 5.19 Å². The zero-order valence-corrected chi connectivity index (χ0v) is 29.5. The van der Waals surface area contributed by atoms with Gasteiger partial charge in [-0.15, -0.1) is 0 Å². The fraction of sp³-hybridized carbons (Fsp3) is 0.514. The van der Waals surface area contributed by atoms with Gasteiger partial charge in [-0.2, -0.15) is 0 Å². The first kappa shape index (κ1) is 34.7. The summed E-state index contributed by atoms with van der Waals surface area (Å²) in [6, 6.07) is 9.51.